The van der Waals surface area contributed by atoms with E-state index in [1.165, 1.54) is 29.2 Å². The number of nitro benzene ring substituents is 1. The molecule has 2 aromatic carbocycles. The second kappa shape index (κ2) is 10.0. The van der Waals surface area contributed by atoms with Crippen molar-refractivity contribution in [2.75, 3.05) is 27.2 Å². The predicted octanol–water partition coefficient (Wildman–Crippen LogP) is 3.67. The van der Waals surface area contributed by atoms with E-state index in [4.69, 9.17) is 4.74 Å². The molecule has 0 unspecified atom stereocenters. The van der Waals surface area contributed by atoms with Gasteiger partial charge in [-0.1, -0.05) is 0 Å². The van der Waals surface area contributed by atoms with Crippen molar-refractivity contribution < 1.29 is 24.4 Å². The summed E-state index contributed by atoms with van der Waals surface area (Å²) in [4.78, 5) is 39.9. The van der Waals surface area contributed by atoms with E-state index in [2.05, 4.69) is 0 Å². The molecule has 1 amide bonds. The first kappa shape index (κ1) is 24.9. The highest BCUT2D eigenvalue weighted by atomic mass is 16.6. The molecule has 0 bridgehead atoms. The zero-order valence-corrected chi connectivity index (χ0v) is 19.9. The van der Waals surface area contributed by atoms with Gasteiger partial charge in [0.1, 0.15) is 11.5 Å². The molecule has 1 aliphatic rings. The van der Waals surface area contributed by atoms with Crippen LogP contribution in [0, 0.1) is 17.0 Å². The van der Waals surface area contributed by atoms with Gasteiger partial charge in [-0.25, -0.2) is 0 Å². The van der Waals surface area contributed by atoms with Crippen LogP contribution < -0.4 is 4.74 Å². The summed E-state index contributed by atoms with van der Waals surface area (Å²) in [5.41, 5.74) is 1.50. The van der Waals surface area contributed by atoms with E-state index >= 15 is 0 Å². The first-order valence-electron chi connectivity index (χ1n) is 11.0. The van der Waals surface area contributed by atoms with Gasteiger partial charge in [-0.3, -0.25) is 19.7 Å². The summed E-state index contributed by atoms with van der Waals surface area (Å²) >= 11 is 0. The molecule has 0 spiro atoms. The van der Waals surface area contributed by atoms with Gasteiger partial charge in [-0.15, -0.1) is 0 Å². The fourth-order valence-corrected chi connectivity index (χ4v) is 3.88. The maximum Gasteiger partial charge on any atom is 0.295 e. The fraction of sp³-hybridized carbons (Fsp3) is 0.360. The molecule has 0 aliphatic carbocycles. The Balaban J connectivity index is 2.12. The summed E-state index contributed by atoms with van der Waals surface area (Å²) in [6, 6.07) is 9.85. The number of non-ortho nitro benzene ring substituents is 1. The Morgan fingerprint density at radius 3 is 2.35 bits per heavy atom. The SMILES string of the molecule is Cc1cc(/C(O)=C2\C(=O)C(=O)N(CCN(C)C)[C@@H]2c2ccc([N+](=O)[O-])cc2)ccc1OC(C)C. The van der Waals surface area contributed by atoms with Gasteiger partial charge in [0.15, 0.2) is 0 Å². The van der Waals surface area contributed by atoms with Crippen LogP contribution in [0.3, 0.4) is 0 Å². The molecule has 9 heteroatoms. The number of carbonyl (C=O) groups is 2. The number of ketones is 1. The number of likely N-dealkylation sites (N-methyl/N-ethyl adjacent to an activating group) is 1. The van der Waals surface area contributed by atoms with Crippen molar-refractivity contribution in [1.82, 2.24) is 9.80 Å². The summed E-state index contributed by atoms with van der Waals surface area (Å²) in [5.74, 6) is -1.15. The number of ether oxygens (including phenoxy) is 1. The molecule has 34 heavy (non-hydrogen) atoms. The summed E-state index contributed by atoms with van der Waals surface area (Å²) < 4.78 is 5.75. The van der Waals surface area contributed by atoms with E-state index in [9.17, 15) is 24.8 Å². The molecular weight excluding hydrogens is 438 g/mol. The highest BCUT2D eigenvalue weighted by Crippen LogP contribution is 2.40. The summed E-state index contributed by atoms with van der Waals surface area (Å²) in [7, 11) is 3.70. The van der Waals surface area contributed by atoms with E-state index in [-0.39, 0.29) is 29.7 Å². The van der Waals surface area contributed by atoms with Crippen molar-refractivity contribution in [3.63, 3.8) is 0 Å². The lowest BCUT2D eigenvalue weighted by Gasteiger charge is -2.26. The Morgan fingerprint density at radius 1 is 1.18 bits per heavy atom. The molecule has 0 radical (unpaired) electrons. The molecule has 1 fully saturated rings. The van der Waals surface area contributed by atoms with Gasteiger partial charge < -0.3 is 19.6 Å². The van der Waals surface area contributed by atoms with Crippen molar-refractivity contribution in [3.8, 4) is 5.75 Å². The number of Topliss-reactive ketones (excluding diaryl/α,β-unsaturated/α-hetero) is 1. The molecule has 0 aromatic heterocycles. The Morgan fingerprint density at radius 2 is 1.82 bits per heavy atom. The third-order valence-corrected chi connectivity index (χ3v) is 5.56. The second-order valence-corrected chi connectivity index (χ2v) is 8.79. The quantitative estimate of drug-likeness (QED) is 0.207. The van der Waals surface area contributed by atoms with Gasteiger partial charge in [0, 0.05) is 30.8 Å². The smallest absolute Gasteiger partial charge is 0.295 e. The van der Waals surface area contributed by atoms with E-state index in [0.717, 1.165) is 5.56 Å². The number of aliphatic hydroxyl groups is 1. The molecule has 1 aliphatic heterocycles. The fourth-order valence-electron chi connectivity index (χ4n) is 3.88. The van der Waals surface area contributed by atoms with Crippen LogP contribution in [0.2, 0.25) is 0 Å². The summed E-state index contributed by atoms with van der Waals surface area (Å²) in [5, 5.41) is 22.3. The number of benzene rings is 2. The van der Waals surface area contributed by atoms with Gasteiger partial charge in [0.25, 0.3) is 17.4 Å². The lowest BCUT2D eigenvalue weighted by Crippen LogP contribution is -2.35. The van der Waals surface area contributed by atoms with Crippen molar-refractivity contribution >= 4 is 23.1 Å². The molecule has 1 N–H and O–H groups in total. The highest BCUT2D eigenvalue weighted by Gasteiger charge is 2.46. The number of hydrogen-bond donors (Lipinski definition) is 1. The van der Waals surface area contributed by atoms with Crippen LogP contribution in [0.5, 0.6) is 5.75 Å². The Labute approximate surface area is 198 Å². The normalized spacial score (nSPS) is 17.6. The van der Waals surface area contributed by atoms with Crippen LogP contribution >= 0.6 is 0 Å². The van der Waals surface area contributed by atoms with Crippen LogP contribution in [0.1, 0.15) is 36.6 Å². The minimum Gasteiger partial charge on any atom is -0.507 e. The molecule has 3 rings (SSSR count). The van der Waals surface area contributed by atoms with Gasteiger partial charge in [-0.2, -0.15) is 0 Å². The van der Waals surface area contributed by atoms with Crippen molar-refractivity contribution in [3.05, 3.63) is 74.8 Å². The van der Waals surface area contributed by atoms with E-state index in [1.54, 1.807) is 18.2 Å². The lowest BCUT2D eigenvalue weighted by molar-refractivity contribution is -0.384. The van der Waals surface area contributed by atoms with Gasteiger partial charge in [0.2, 0.25) is 0 Å². The van der Waals surface area contributed by atoms with Gasteiger partial charge >= 0.3 is 0 Å². The molecule has 1 saturated heterocycles. The first-order valence-corrected chi connectivity index (χ1v) is 11.0. The number of aryl methyl sites for hydroxylation is 1. The molecular formula is C25H29N3O6. The third kappa shape index (κ3) is 5.09. The minimum absolute atomic E-state index is 0.0256. The van der Waals surface area contributed by atoms with E-state index < -0.39 is 22.7 Å². The second-order valence-electron chi connectivity index (χ2n) is 8.79. The van der Waals surface area contributed by atoms with E-state index in [0.29, 0.717) is 23.4 Å². The van der Waals surface area contributed by atoms with Crippen molar-refractivity contribution in [2.45, 2.75) is 32.9 Å². The number of likely N-dealkylation sites (tertiary alicyclic amines) is 1. The van der Waals surface area contributed by atoms with Crippen molar-refractivity contribution in [2.24, 2.45) is 0 Å². The molecule has 1 heterocycles. The molecule has 0 saturated carbocycles. The highest BCUT2D eigenvalue weighted by molar-refractivity contribution is 6.46. The van der Waals surface area contributed by atoms with Crippen LogP contribution in [0.4, 0.5) is 5.69 Å². The monoisotopic (exact) mass is 467 g/mol. The summed E-state index contributed by atoms with van der Waals surface area (Å²) in [6.07, 6.45) is -0.0256. The Bertz CT molecular complexity index is 1140. The van der Waals surface area contributed by atoms with E-state index in [1.807, 2.05) is 39.8 Å². The number of amides is 1. The molecule has 1 atom stereocenters. The maximum absolute atomic E-state index is 13.1. The summed E-state index contributed by atoms with van der Waals surface area (Å²) in [6.45, 7) is 6.39. The topological polar surface area (TPSA) is 113 Å². The van der Waals surface area contributed by atoms with Crippen LogP contribution in [-0.2, 0) is 9.59 Å². The van der Waals surface area contributed by atoms with Gasteiger partial charge in [0.05, 0.1) is 22.6 Å². The average Bonchev–Trinajstić information content (AvgIpc) is 3.03. The van der Waals surface area contributed by atoms with Crippen LogP contribution in [0.15, 0.2) is 48.0 Å². The van der Waals surface area contributed by atoms with Gasteiger partial charge in [-0.05, 0) is 76.3 Å². The zero-order chi connectivity index (χ0) is 25.2. The number of nitro groups is 1. The predicted molar refractivity (Wildman–Crippen MR) is 128 cm³/mol. The number of nitrogens with zero attached hydrogens (tertiary/aromatic N) is 3. The molecule has 180 valence electrons. The van der Waals surface area contributed by atoms with Crippen LogP contribution in [-0.4, -0.2) is 64.8 Å². The zero-order valence-electron chi connectivity index (χ0n) is 19.9. The Hall–Kier alpha value is -3.72. The Kier molecular flexibility index (Phi) is 7.36. The number of carbonyl (C=O) groups excluding carboxylic acids is 2. The third-order valence-electron chi connectivity index (χ3n) is 5.56. The minimum atomic E-state index is -0.868. The van der Waals surface area contributed by atoms with Crippen molar-refractivity contribution in [1.29, 1.82) is 0 Å². The number of rotatable bonds is 8. The number of hydrogen-bond acceptors (Lipinski definition) is 7. The molecule has 9 nitrogen and oxygen atoms in total. The first-order chi connectivity index (χ1) is 16.0. The number of aliphatic hydroxyl groups excluding tert-OH is 1. The maximum atomic E-state index is 13.1. The average molecular weight is 468 g/mol. The van der Waals surface area contributed by atoms with Crippen LogP contribution in [0.25, 0.3) is 5.76 Å². The lowest BCUT2D eigenvalue weighted by atomic mass is 9.94. The molecule has 2 aromatic rings. The largest absolute Gasteiger partial charge is 0.507 e. The standard InChI is InChI=1S/C25H29N3O6/c1-15(2)34-20-11-8-18(14-16(20)3)23(29)21-22(17-6-9-19(10-7-17)28(32)33)27(13-12-26(4)5)25(31)24(21)30/h6-11,14-15,22,29H,12-13H2,1-5H3/b23-21+/t22-/m1/s1.